The minimum Gasteiger partial charge on any atom is -0.359 e. The Balaban J connectivity index is 2.63. The van der Waals surface area contributed by atoms with E-state index in [1.807, 2.05) is 17.5 Å². The lowest BCUT2D eigenvalue weighted by Crippen LogP contribution is -1.71. The summed E-state index contributed by atoms with van der Waals surface area (Å²) < 4.78 is 2.73. The molecule has 0 aliphatic carbocycles. The van der Waals surface area contributed by atoms with Crippen LogP contribution in [0.4, 0.5) is 0 Å². The summed E-state index contributed by atoms with van der Waals surface area (Å²) in [6, 6.07) is 2.13. The van der Waals surface area contributed by atoms with Crippen molar-refractivity contribution in [1.29, 1.82) is 0 Å². The zero-order chi connectivity index (χ0) is 9.00. The molecule has 3 rings (SSSR count). The van der Waals surface area contributed by atoms with E-state index in [-0.39, 0.29) is 0 Å². The van der Waals surface area contributed by atoms with Gasteiger partial charge in [-0.15, -0.1) is 11.3 Å². The van der Waals surface area contributed by atoms with Gasteiger partial charge in [-0.2, -0.15) is 0 Å². The van der Waals surface area contributed by atoms with Crippen LogP contribution in [0.15, 0.2) is 12.3 Å². The van der Waals surface area contributed by atoms with Gasteiger partial charge in [0.1, 0.15) is 0 Å². The van der Waals surface area contributed by atoms with Crippen LogP contribution < -0.4 is 0 Å². The first-order chi connectivity index (χ1) is 6.27. The van der Waals surface area contributed by atoms with Crippen LogP contribution >= 0.6 is 11.3 Å². The minimum atomic E-state index is 1.25. The van der Waals surface area contributed by atoms with Gasteiger partial charge in [-0.25, -0.2) is 0 Å². The van der Waals surface area contributed by atoms with Crippen molar-refractivity contribution in [2.45, 2.75) is 13.8 Å². The molecule has 0 spiro atoms. The molecule has 3 heterocycles. The van der Waals surface area contributed by atoms with Gasteiger partial charge in [0.25, 0.3) is 0 Å². The van der Waals surface area contributed by atoms with E-state index in [1.165, 1.54) is 31.7 Å². The van der Waals surface area contributed by atoms with Crippen LogP contribution in [0, 0.1) is 13.8 Å². The molecule has 3 aromatic heterocycles. The highest BCUT2D eigenvalue weighted by Crippen LogP contribution is 2.35. The number of thiophene rings is 1. The zero-order valence-electron chi connectivity index (χ0n) is 7.56. The second-order valence-corrected chi connectivity index (χ2v) is 4.45. The molecule has 66 valence electrons. The van der Waals surface area contributed by atoms with E-state index in [9.17, 15) is 0 Å². The van der Waals surface area contributed by atoms with Crippen LogP contribution in [0.2, 0.25) is 0 Å². The Morgan fingerprint density at radius 2 is 2.08 bits per heavy atom. The van der Waals surface area contributed by atoms with Crippen LogP contribution in [-0.2, 0) is 0 Å². The van der Waals surface area contributed by atoms with Crippen molar-refractivity contribution in [3.05, 3.63) is 23.5 Å². The monoisotopic (exact) mass is 190 g/mol. The number of hydrogen-bond donors (Lipinski definition) is 2. The molecule has 0 unspecified atom stereocenters. The van der Waals surface area contributed by atoms with Gasteiger partial charge in [-0.05, 0) is 25.5 Å². The van der Waals surface area contributed by atoms with Crippen molar-refractivity contribution >= 4 is 31.8 Å². The highest BCUT2D eigenvalue weighted by Gasteiger charge is 2.11. The molecule has 0 radical (unpaired) electrons. The molecular weight excluding hydrogens is 180 g/mol. The first kappa shape index (κ1) is 7.21. The smallest absolute Gasteiger partial charge is 0.0814 e. The number of hydrogen-bond acceptors (Lipinski definition) is 1. The Bertz CT molecular complexity index is 582. The molecule has 0 fully saturated rings. The summed E-state index contributed by atoms with van der Waals surface area (Å²) in [7, 11) is 0. The number of rotatable bonds is 0. The summed E-state index contributed by atoms with van der Waals surface area (Å²) in [6.45, 7) is 4.29. The Morgan fingerprint density at radius 3 is 2.92 bits per heavy atom. The maximum atomic E-state index is 3.42. The molecule has 2 N–H and O–H groups in total. The van der Waals surface area contributed by atoms with E-state index in [1.54, 1.807) is 0 Å². The fraction of sp³-hybridized carbons (Fsp3) is 0.200. The third-order valence-electron chi connectivity index (χ3n) is 2.61. The van der Waals surface area contributed by atoms with E-state index in [4.69, 9.17) is 0 Å². The van der Waals surface area contributed by atoms with Gasteiger partial charge in [0.05, 0.1) is 20.4 Å². The maximum absolute atomic E-state index is 3.42. The summed E-state index contributed by atoms with van der Waals surface area (Å²) in [4.78, 5) is 6.68. The average molecular weight is 190 g/mol. The van der Waals surface area contributed by atoms with E-state index in [0.717, 1.165) is 0 Å². The minimum absolute atomic E-state index is 1.25. The average Bonchev–Trinajstić information content (AvgIpc) is 2.70. The number of aromatic nitrogens is 2. The highest BCUT2D eigenvalue weighted by molar-refractivity contribution is 7.25. The Labute approximate surface area is 79.6 Å². The van der Waals surface area contributed by atoms with Gasteiger partial charge in [0.2, 0.25) is 0 Å². The SMILES string of the molecule is Cc1[nH]c2c(sc3cc[nH]c32)c1C. The molecule has 0 atom stereocenters. The predicted octanol–water partition coefficient (Wildman–Crippen LogP) is 3.33. The van der Waals surface area contributed by atoms with Crippen LogP contribution in [0.25, 0.3) is 20.4 Å². The summed E-state index contributed by atoms with van der Waals surface area (Å²) in [5.41, 5.74) is 5.17. The Hall–Kier alpha value is -1.22. The van der Waals surface area contributed by atoms with Crippen LogP contribution in [0.5, 0.6) is 0 Å². The van der Waals surface area contributed by atoms with E-state index >= 15 is 0 Å². The molecule has 3 aromatic rings. The molecule has 13 heavy (non-hydrogen) atoms. The number of aromatic amines is 2. The second-order valence-electron chi connectivity index (χ2n) is 3.40. The highest BCUT2D eigenvalue weighted by atomic mass is 32.1. The molecule has 0 aromatic carbocycles. The molecule has 0 saturated carbocycles. The lowest BCUT2D eigenvalue weighted by molar-refractivity contribution is 1.25. The van der Waals surface area contributed by atoms with Crippen LogP contribution in [0.1, 0.15) is 11.3 Å². The summed E-state index contributed by atoms with van der Waals surface area (Å²) in [5.74, 6) is 0. The van der Waals surface area contributed by atoms with Crippen molar-refractivity contribution in [3.63, 3.8) is 0 Å². The first-order valence-electron chi connectivity index (χ1n) is 4.32. The Kier molecular flexibility index (Phi) is 1.21. The standard InChI is InChI=1S/C10H10N2S/c1-5-6(2)12-9-8-7(3-4-11-8)13-10(5)9/h3-4,11-12H,1-2H3. The molecule has 0 amide bonds. The van der Waals surface area contributed by atoms with Crippen LogP contribution in [0.3, 0.4) is 0 Å². The lowest BCUT2D eigenvalue weighted by Gasteiger charge is -1.85. The van der Waals surface area contributed by atoms with E-state index in [2.05, 4.69) is 29.9 Å². The van der Waals surface area contributed by atoms with Crippen molar-refractivity contribution in [3.8, 4) is 0 Å². The van der Waals surface area contributed by atoms with Crippen LogP contribution in [-0.4, -0.2) is 9.97 Å². The summed E-state index contributed by atoms with van der Waals surface area (Å²) >= 11 is 1.85. The molecule has 0 aliphatic rings. The number of nitrogens with one attached hydrogen (secondary N) is 2. The maximum Gasteiger partial charge on any atom is 0.0814 e. The fourth-order valence-corrected chi connectivity index (χ4v) is 2.93. The first-order valence-corrected chi connectivity index (χ1v) is 5.14. The summed E-state index contributed by atoms with van der Waals surface area (Å²) in [5, 5.41) is 0. The molecule has 2 nitrogen and oxygen atoms in total. The van der Waals surface area contributed by atoms with Gasteiger partial charge in [0.15, 0.2) is 0 Å². The molecule has 0 aliphatic heterocycles. The largest absolute Gasteiger partial charge is 0.359 e. The van der Waals surface area contributed by atoms with Gasteiger partial charge in [-0.3, -0.25) is 0 Å². The van der Waals surface area contributed by atoms with E-state index < -0.39 is 0 Å². The molecule has 0 bridgehead atoms. The second kappa shape index (κ2) is 2.17. The van der Waals surface area contributed by atoms with Crippen molar-refractivity contribution in [2.75, 3.05) is 0 Å². The predicted molar refractivity (Wildman–Crippen MR) is 57.5 cm³/mol. The number of fused-ring (bicyclic) bond motifs is 3. The van der Waals surface area contributed by atoms with Gasteiger partial charge >= 0.3 is 0 Å². The van der Waals surface area contributed by atoms with E-state index in [0.29, 0.717) is 0 Å². The topological polar surface area (TPSA) is 31.6 Å². The third-order valence-corrected chi connectivity index (χ3v) is 3.89. The number of H-pyrrole nitrogens is 2. The Morgan fingerprint density at radius 1 is 1.23 bits per heavy atom. The molecule has 0 saturated heterocycles. The number of aryl methyl sites for hydroxylation is 2. The van der Waals surface area contributed by atoms with Crippen molar-refractivity contribution in [1.82, 2.24) is 9.97 Å². The van der Waals surface area contributed by atoms with Gasteiger partial charge < -0.3 is 9.97 Å². The van der Waals surface area contributed by atoms with Gasteiger partial charge in [0, 0.05) is 11.9 Å². The third kappa shape index (κ3) is 0.773. The van der Waals surface area contributed by atoms with Crippen molar-refractivity contribution in [2.24, 2.45) is 0 Å². The van der Waals surface area contributed by atoms with Crippen molar-refractivity contribution < 1.29 is 0 Å². The fourth-order valence-electron chi connectivity index (χ4n) is 1.74. The normalized spacial score (nSPS) is 11.8. The quantitative estimate of drug-likeness (QED) is 0.545. The molecule has 3 heteroatoms. The zero-order valence-corrected chi connectivity index (χ0v) is 8.38. The summed E-state index contributed by atoms with van der Waals surface area (Å²) in [6.07, 6.45) is 1.99. The molecular formula is C10H10N2S. The van der Waals surface area contributed by atoms with Gasteiger partial charge in [-0.1, -0.05) is 0 Å². The lowest BCUT2D eigenvalue weighted by atomic mass is 10.3.